The van der Waals surface area contributed by atoms with E-state index in [9.17, 15) is 4.79 Å². The molecule has 3 nitrogen and oxygen atoms in total. The van der Waals surface area contributed by atoms with Gasteiger partial charge in [-0.1, -0.05) is 50.8 Å². The lowest BCUT2D eigenvalue weighted by molar-refractivity contribution is -0.134. The molecule has 0 fully saturated rings. The largest absolute Gasteiger partial charge is 0.494 e. The molecule has 128 valence electrons. The van der Waals surface area contributed by atoms with E-state index in [1.54, 1.807) is 6.08 Å². The van der Waals surface area contributed by atoms with Crippen LogP contribution in [0.25, 0.3) is 16.8 Å². The Morgan fingerprint density at radius 1 is 1.00 bits per heavy atom. The molecule has 0 spiro atoms. The molecule has 0 bridgehead atoms. The van der Waals surface area contributed by atoms with E-state index in [4.69, 9.17) is 4.74 Å². The molecule has 24 heavy (non-hydrogen) atoms. The molecule has 0 N–H and O–H groups in total. The summed E-state index contributed by atoms with van der Waals surface area (Å²) in [6.07, 6.45) is 9.39. The number of esters is 1. The van der Waals surface area contributed by atoms with E-state index in [0.29, 0.717) is 0 Å². The second-order valence-electron chi connectivity index (χ2n) is 5.89. The van der Waals surface area contributed by atoms with Crippen molar-refractivity contribution in [3.63, 3.8) is 0 Å². The van der Waals surface area contributed by atoms with E-state index in [1.807, 2.05) is 24.3 Å². The molecular weight excluding hydrogens is 300 g/mol. The van der Waals surface area contributed by atoms with Crippen LogP contribution in [0.4, 0.5) is 0 Å². The summed E-state index contributed by atoms with van der Waals surface area (Å²) in [6.45, 7) is 3.00. The SMILES string of the molecule is CCCCCCCOc1ccc2cc(/C=C/C(=O)OC)ccc2c1. The van der Waals surface area contributed by atoms with Crippen molar-refractivity contribution in [3.8, 4) is 5.75 Å². The highest BCUT2D eigenvalue weighted by Gasteiger charge is 2.00. The summed E-state index contributed by atoms with van der Waals surface area (Å²) in [5, 5.41) is 2.26. The molecule has 0 saturated heterocycles. The van der Waals surface area contributed by atoms with Gasteiger partial charge in [-0.2, -0.15) is 0 Å². The Balaban J connectivity index is 1.94. The first-order valence-electron chi connectivity index (χ1n) is 8.65. The molecule has 0 atom stereocenters. The second-order valence-corrected chi connectivity index (χ2v) is 5.89. The van der Waals surface area contributed by atoms with E-state index in [-0.39, 0.29) is 5.97 Å². The molecule has 0 aliphatic carbocycles. The fourth-order valence-electron chi connectivity index (χ4n) is 2.56. The van der Waals surface area contributed by atoms with Crippen LogP contribution >= 0.6 is 0 Å². The smallest absolute Gasteiger partial charge is 0.330 e. The normalized spacial score (nSPS) is 11.1. The number of benzene rings is 2. The lowest BCUT2D eigenvalue weighted by Gasteiger charge is -2.08. The van der Waals surface area contributed by atoms with Crippen molar-refractivity contribution in [2.45, 2.75) is 39.0 Å². The number of hydrogen-bond acceptors (Lipinski definition) is 3. The van der Waals surface area contributed by atoms with Gasteiger partial charge in [0.25, 0.3) is 0 Å². The summed E-state index contributed by atoms with van der Waals surface area (Å²) in [4.78, 5) is 11.2. The summed E-state index contributed by atoms with van der Waals surface area (Å²) < 4.78 is 10.4. The van der Waals surface area contributed by atoms with Crippen molar-refractivity contribution < 1.29 is 14.3 Å². The molecule has 2 aromatic rings. The summed E-state index contributed by atoms with van der Waals surface area (Å²) in [5.74, 6) is 0.564. The molecule has 0 radical (unpaired) electrons. The van der Waals surface area contributed by atoms with E-state index in [0.717, 1.165) is 35.1 Å². The molecule has 0 aromatic heterocycles. The minimum Gasteiger partial charge on any atom is -0.494 e. The number of rotatable bonds is 9. The lowest BCUT2D eigenvalue weighted by Crippen LogP contribution is -1.97. The maximum atomic E-state index is 11.2. The van der Waals surface area contributed by atoms with Crippen molar-refractivity contribution in [1.29, 1.82) is 0 Å². The quantitative estimate of drug-likeness (QED) is 0.353. The highest BCUT2D eigenvalue weighted by atomic mass is 16.5. The van der Waals surface area contributed by atoms with Crippen molar-refractivity contribution in [1.82, 2.24) is 0 Å². The van der Waals surface area contributed by atoms with E-state index in [1.165, 1.54) is 38.9 Å². The second kappa shape index (κ2) is 9.76. The molecule has 0 amide bonds. The summed E-state index contributed by atoms with van der Waals surface area (Å²) in [6, 6.07) is 12.2. The van der Waals surface area contributed by atoms with Crippen LogP contribution in [-0.2, 0) is 9.53 Å². The third-order valence-electron chi connectivity index (χ3n) is 3.97. The Kier molecular flexibility index (Phi) is 7.34. The van der Waals surface area contributed by atoms with E-state index < -0.39 is 0 Å². The monoisotopic (exact) mass is 326 g/mol. The number of carbonyl (C=O) groups is 1. The van der Waals surface area contributed by atoms with Crippen LogP contribution in [0.2, 0.25) is 0 Å². The van der Waals surface area contributed by atoms with Gasteiger partial charge in [-0.15, -0.1) is 0 Å². The zero-order chi connectivity index (χ0) is 17.2. The fraction of sp³-hybridized carbons (Fsp3) is 0.381. The number of methoxy groups -OCH3 is 1. The molecule has 2 aromatic carbocycles. The Morgan fingerprint density at radius 2 is 1.75 bits per heavy atom. The molecule has 0 unspecified atom stereocenters. The molecule has 0 aliphatic rings. The molecule has 0 aliphatic heterocycles. The van der Waals surface area contributed by atoms with Gasteiger partial charge in [0.15, 0.2) is 0 Å². The van der Waals surface area contributed by atoms with E-state index in [2.05, 4.69) is 23.8 Å². The molecular formula is C21H26O3. The van der Waals surface area contributed by atoms with E-state index >= 15 is 0 Å². The van der Waals surface area contributed by atoms with Gasteiger partial charge in [-0.05, 0) is 47.0 Å². The topological polar surface area (TPSA) is 35.5 Å². The number of unbranched alkanes of at least 4 members (excludes halogenated alkanes) is 4. The van der Waals surface area contributed by atoms with Gasteiger partial charge >= 0.3 is 5.97 Å². The zero-order valence-corrected chi connectivity index (χ0v) is 14.6. The zero-order valence-electron chi connectivity index (χ0n) is 14.6. The van der Waals surface area contributed by atoms with Gasteiger partial charge in [0.05, 0.1) is 13.7 Å². The summed E-state index contributed by atoms with van der Waals surface area (Å²) >= 11 is 0. The van der Waals surface area contributed by atoms with Crippen LogP contribution in [0.15, 0.2) is 42.5 Å². The number of fused-ring (bicyclic) bond motifs is 1. The third kappa shape index (κ3) is 5.73. The minimum atomic E-state index is -0.349. The highest BCUT2D eigenvalue weighted by Crippen LogP contribution is 2.23. The third-order valence-corrected chi connectivity index (χ3v) is 3.97. The van der Waals surface area contributed by atoms with Crippen LogP contribution in [-0.4, -0.2) is 19.7 Å². The van der Waals surface area contributed by atoms with Gasteiger partial charge in [-0.25, -0.2) is 4.79 Å². The van der Waals surface area contributed by atoms with Crippen LogP contribution in [0.3, 0.4) is 0 Å². The first kappa shape index (κ1) is 18.1. The minimum absolute atomic E-state index is 0.349. The van der Waals surface area contributed by atoms with Gasteiger partial charge in [0.1, 0.15) is 5.75 Å². The molecule has 0 saturated carbocycles. The van der Waals surface area contributed by atoms with Crippen molar-refractivity contribution in [2.24, 2.45) is 0 Å². The van der Waals surface area contributed by atoms with Crippen LogP contribution in [0, 0.1) is 0 Å². The number of hydrogen-bond donors (Lipinski definition) is 0. The van der Waals surface area contributed by atoms with Crippen LogP contribution in [0.5, 0.6) is 5.75 Å². The summed E-state index contributed by atoms with van der Waals surface area (Å²) in [5.41, 5.74) is 0.970. The van der Waals surface area contributed by atoms with Gasteiger partial charge < -0.3 is 9.47 Å². The number of ether oxygens (including phenoxy) is 2. The molecule has 3 heteroatoms. The maximum absolute atomic E-state index is 11.2. The van der Waals surface area contributed by atoms with Gasteiger partial charge in [0, 0.05) is 6.08 Å². The molecule has 0 heterocycles. The molecule has 2 rings (SSSR count). The average molecular weight is 326 g/mol. The Bertz CT molecular complexity index is 689. The fourth-order valence-corrected chi connectivity index (χ4v) is 2.56. The van der Waals surface area contributed by atoms with Crippen molar-refractivity contribution in [3.05, 3.63) is 48.0 Å². The Morgan fingerprint density at radius 3 is 2.54 bits per heavy atom. The summed E-state index contributed by atoms with van der Waals surface area (Å²) in [7, 11) is 1.37. The Hall–Kier alpha value is -2.29. The highest BCUT2D eigenvalue weighted by molar-refractivity contribution is 5.90. The maximum Gasteiger partial charge on any atom is 0.330 e. The first-order valence-corrected chi connectivity index (χ1v) is 8.65. The first-order chi connectivity index (χ1) is 11.7. The van der Waals surface area contributed by atoms with Crippen molar-refractivity contribution >= 4 is 22.8 Å². The van der Waals surface area contributed by atoms with Crippen molar-refractivity contribution in [2.75, 3.05) is 13.7 Å². The standard InChI is InChI=1S/C21H26O3/c1-3-4-5-6-7-14-24-20-12-11-18-15-17(8-10-19(18)16-20)9-13-21(22)23-2/h8-13,15-16H,3-7,14H2,1-2H3/b13-9+. The van der Waals surface area contributed by atoms with Gasteiger partial charge in [0.2, 0.25) is 0 Å². The Labute approximate surface area is 144 Å². The predicted octanol–water partition coefficient (Wildman–Crippen LogP) is 5.38. The number of carbonyl (C=O) groups excluding carboxylic acids is 1. The lowest BCUT2D eigenvalue weighted by atomic mass is 10.1. The van der Waals surface area contributed by atoms with Gasteiger partial charge in [-0.3, -0.25) is 0 Å². The predicted molar refractivity (Wildman–Crippen MR) is 99.3 cm³/mol. The van der Waals surface area contributed by atoms with Crippen LogP contribution < -0.4 is 4.74 Å². The average Bonchev–Trinajstić information content (AvgIpc) is 2.62. The van der Waals surface area contributed by atoms with Crippen LogP contribution in [0.1, 0.15) is 44.6 Å².